The van der Waals surface area contributed by atoms with Crippen LogP contribution in [0.5, 0.6) is 0 Å². The highest BCUT2D eigenvalue weighted by molar-refractivity contribution is 5.42. The Hall–Kier alpha value is -2.88. The molecule has 0 fully saturated rings. The van der Waals surface area contributed by atoms with Crippen molar-refractivity contribution in [3.8, 4) is 0 Å². The highest BCUT2D eigenvalue weighted by atomic mass is 15.2. The van der Waals surface area contributed by atoms with E-state index >= 15 is 0 Å². The Bertz CT molecular complexity index is 729. The van der Waals surface area contributed by atoms with Gasteiger partial charge in [-0.05, 0) is 17.2 Å². The summed E-state index contributed by atoms with van der Waals surface area (Å²) in [4.78, 5) is 11.0. The zero-order chi connectivity index (χ0) is 15.9. The van der Waals surface area contributed by atoms with Crippen molar-refractivity contribution >= 4 is 11.8 Å². The van der Waals surface area contributed by atoms with Crippen LogP contribution in [0.2, 0.25) is 0 Å². The smallest absolute Gasteiger partial charge is 0.224 e. The predicted octanol–water partition coefficient (Wildman–Crippen LogP) is 3.73. The predicted molar refractivity (Wildman–Crippen MR) is 94.3 cm³/mol. The lowest BCUT2D eigenvalue weighted by Gasteiger charge is -2.18. The Labute approximate surface area is 136 Å². The molecule has 0 spiro atoms. The first-order valence-corrected chi connectivity index (χ1v) is 7.67. The summed E-state index contributed by atoms with van der Waals surface area (Å²) in [5.41, 5.74) is 2.46. The van der Waals surface area contributed by atoms with E-state index in [1.165, 1.54) is 11.1 Å². The third-order valence-electron chi connectivity index (χ3n) is 3.59. The van der Waals surface area contributed by atoms with Gasteiger partial charge >= 0.3 is 0 Å². The van der Waals surface area contributed by atoms with E-state index in [1.54, 1.807) is 6.20 Å². The van der Waals surface area contributed by atoms with Crippen molar-refractivity contribution in [3.05, 3.63) is 84.1 Å². The van der Waals surface area contributed by atoms with Gasteiger partial charge in [0.25, 0.3) is 0 Å². The average Bonchev–Trinajstić information content (AvgIpc) is 2.62. The molecule has 1 aromatic heterocycles. The second kappa shape index (κ2) is 7.40. The van der Waals surface area contributed by atoms with Crippen LogP contribution in [-0.2, 0) is 13.1 Å². The fourth-order valence-electron chi connectivity index (χ4n) is 2.36. The van der Waals surface area contributed by atoms with E-state index in [0.717, 1.165) is 12.4 Å². The summed E-state index contributed by atoms with van der Waals surface area (Å²) >= 11 is 0. The van der Waals surface area contributed by atoms with Gasteiger partial charge in [-0.15, -0.1) is 0 Å². The lowest BCUT2D eigenvalue weighted by molar-refractivity contribution is 0.889. The standard InChI is InChI=1S/C19H20N4/c1-23(15-17-10-6-3-7-11-17)18-12-13-20-19(22-18)21-14-16-8-4-2-5-9-16/h2-13H,14-15H2,1H3,(H,20,21,22). The summed E-state index contributed by atoms with van der Waals surface area (Å²) in [5, 5.41) is 3.27. The molecule has 23 heavy (non-hydrogen) atoms. The number of nitrogens with zero attached hydrogens (tertiary/aromatic N) is 3. The Morgan fingerprint density at radius 3 is 2.22 bits per heavy atom. The molecule has 0 bridgehead atoms. The van der Waals surface area contributed by atoms with Crippen molar-refractivity contribution in [2.75, 3.05) is 17.3 Å². The maximum Gasteiger partial charge on any atom is 0.224 e. The molecule has 0 saturated heterocycles. The second-order valence-electron chi connectivity index (χ2n) is 5.42. The van der Waals surface area contributed by atoms with Gasteiger partial charge in [-0.25, -0.2) is 4.98 Å². The first kappa shape index (κ1) is 15.0. The summed E-state index contributed by atoms with van der Waals surface area (Å²) in [6.45, 7) is 1.53. The Morgan fingerprint density at radius 2 is 1.52 bits per heavy atom. The number of rotatable bonds is 6. The van der Waals surface area contributed by atoms with Crippen molar-refractivity contribution in [2.45, 2.75) is 13.1 Å². The van der Waals surface area contributed by atoms with E-state index in [9.17, 15) is 0 Å². The number of hydrogen-bond donors (Lipinski definition) is 1. The minimum atomic E-state index is 0.645. The van der Waals surface area contributed by atoms with Crippen molar-refractivity contribution in [1.82, 2.24) is 9.97 Å². The lowest BCUT2D eigenvalue weighted by Crippen LogP contribution is -2.18. The van der Waals surface area contributed by atoms with Gasteiger partial charge in [0.05, 0.1) is 0 Å². The van der Waals surface area contributed by atoms with Gasteiger partial charge in [0.1, 0.15) is 5.82 Å². The van der Waals surface area contributed by atoms with E-state index < -0.39 is 0 Å². The van der Waals surface area contributed by atoms with E-state index in [0.29, 0.717) is 12.5 Å². The Balaban J connectivity index is 1.64. The molecule has 0 aliphatic heterocycles. The number of anilines is 2. The van der Waals surface area contributed by atoms with Gasteiger partial charge in [-0.1, -0.05) is 60.7 Å². The number of nitrogens with one attached hydrogen (secondary N) is 1. The van der Waals surface area contributed by atoms with E-state index in [-0.39, 0.29) is 0 Å². The highest BCUT2D eigenvalue weighted by Gasteiger charge is 2.05. The first-order valence-electron chi connectivity index (χ1n) is 7.67. The topological polar surface area (TPSA) is 41.1 Å². The van der Waals surface area contributed by atoms with Crippen LogP contribution in [0.1, 0.15) is 11.1 Å². The van der Waals surface area contributed by atoms with Gasteiger partial charge in [-0.2, -0.15) is 4.98 Å². The Kier molecular flexibility index (Phi) is 4.84. The van der Waals surface area contributed by atoms with E-state index in [4.69, 9.17) is 0 Å². The molecule has 0 saturated carbocycles. The third-order valence-corrected chi connectivity index (χ3v) is 3.59. The van der Waals surface area contributed by atoms with Crippen molar-refractivity contribution in [2.24, 2.45) is 0 Å². The largest absolute Gasteiger partial charge is 0.355 e. The van der Waals surface area contributed by atoms with Crippen LogP contribution in [0.4, 0.5) is 11.8 Å². The molecule has 0 radical (unpaired) electrons. The van der Waals surface area contributed by atoms with Crippen molar-refractivity contribution in [3.63, 3.8) is 0 Å². The van der Waals surface area contributed by atoms with Crippen LogP contribution < -0.4 is 10.2 Å². The molecule has 0 aliphatic carbocycles. The zero-order valence-corrected chi connectivity index (χ0v) is 13.2. The number of benzene rings is 2. The van der Waals surface area contributed by atoms with Gasteiger partial charge in [0.15, 0.2) is 0 Å². The molecule has 116 valence electrons. The highest BCUT2D eigenvalue weighted by Crippen LogP contribution is 2.14. The summed E-state index contributed by atoms with van der Waals surface area (Å²) in [7, 11) is 2.04. The summed E-state index contributed by atoms with van der Waals surface area (Å²) in [6, 6.07) is 22.5. The summed E-state index contributed by atoms with van der Waals surface area (Å²) in [5.74, 6) is 1.55. The SMILES string of the molecule is CN(Cc1ccccc1)c1ccnc(NCc2ccccc2)n1. The number of hydrogen-bond acceptors (Lipinski definition) is 4. The molecule has 4 nitrogen and oxygen atoms in total. The maximum atomic E-state index is 4.59. The molecule has 1 heterocycles. The molecular formula is C19H20N4. The minimum Gasteiger partial charge on any atom is -0.355 e. The van der Waals surface area contributed by atoms with Gasteiger partial charge in [0.2, 0.25) is 5.95 Å². The lowest BCUT2D eigenvalue weighted by atomic mass is 10.2. The molecule has 0 unspecified atom stereocenters. The summed E-state index contributed by atoms with van der Waals surface area (Å²) in [6.07, 6.45) is 1.79. The van der Waals surface area contributed by atoms with Gasteiger partial charge in [0, 0.05) is 26.3 Å². The molecular weight excluding hydrogens is 284 g/mol. The van der Waals surface area contributed by atoms with Crippen LogP contribution >= 0.6 is 0 Å². The van der Waals surface area contributed by atoms with Crippen molar-refractivity contribution < 1.29 is 0 Å². The average molecular weight is 304 g/mol. The molecule has 0 atom stereocenters. The van der Waals surface area contributed by atoms with Crippen LogP contribution in [0.25, 0.3) is 0 Å². The molecule has 3 aromatic rings. The first-order chi connectivity index (χ1) is 11.3. The molecule has 3 rings (SSSR count). The third kappa shape index (κ3) is 4.30. The normalized spacial score (nSPS) is 10.3. The fourth-order valence-corrected chi connectivity index (χ4v) is 2.36. The van der Waals surface area contributed by atoms with Crippen LogP contribution in [-0.4, -0.2) is 17.0 Å². The monoisotopic (exact) mass is 304 g/mol. The van der Waals surface area contributed by atoms with E-state index in [2.05, 4.69) is 56.6 Å². The maximum absolute atomic E-state index is 4.59. The molecule has 0 amide bonds. The Morgan fingerprint density at radius 1 is 0.870 bits per heavy atom. The van der Waals surface area contributed by atoms with Gasteiger partial charge in [-0.3, -0.25) is 0 Å². The van der Waals surface area contributed by atoms with Crippen LogP contribution in [0.3, 0.4) is 0 Å². The minimum absolute atomic E-state index is 0.645. The molecule has 2 aromatic carbocycles. The number of aromatic nitrogens is 2. The van der Waals surface area contributed by atoms with Crippen molar-refractivity contribution in [1.29, 1.82) is 0 Å². The van der Waals surface area contributed by atoms with Gasteiger partial charge < -0.3 is 10.2 Å². The fraction of sp³-hybridized carbons (Fsp3) is 0.158. The molecule has 0 aliphatic rings. The van der Waals surface area contributed by atoms with Crippen LogP contribution in [0, 0.1) is 0 Å². The van der Waals surface area contributed by atoms with E-state index in [1.807, 2.05) is 37.4 Å². The quantitative estimate of drug-likeness (QED) is 0.753. The molecule has 4 heteroatoms. The van der Waals surface area contributed by atoms with Crippen LogP contribution in [0.15, 0.2) is 72.9 Å². The molecule has 1 N–H and O–H groups in total. The summed E-state index contributed by atoms with van der Waals surface area (Å²) < 4.78 is 0. The second-order valence-corrected chi connectivity index (χ2v) is 5.42. The zero-order valence-electron chi connectivity index (χ0n) is 13.2.